The molecule has 0 spiro atoms. The fourth-order valence-electron chi connectivity index (χ4n) is 0.274. The molecule has 2 amide bonds. The van der Waals surface area contributed by atoms with Crippen molar-refractivity contribution in [3.8, 4) is 0 Å². The summed E-state index contributed by atoms with van der Waals surface area (Å²) in [6.45, 7) is 0. The summed E-state index contributed by atoms with van der Waals surface area (Å²) in [6.07, 6.45) is 0.116. The summed E-state index contributed by atoms with van der Waals surface area (Å²) in [4.78, 5) is 29.9. The van der Waals surface area contributed by atoms with Crippen LogP contribution in [0.2, 0.25) is 0 Å². The van der Waals surface area contributed by atoms with E-state index in [-0.39, 0.29) is 6.29 Å². The van der Waals surface area contributed by atoms with E-state index in [4.69, 9.17) is 0 Å². The van der Waals surface area contributed by atoms with Gasteiger partial charge in [0, 0.05) is 0 Å². The summed E-state index contributed by atoms with van der Waals surface area (Å²) in [5.74, 6) is -3.51. The number of hydrogen-bond donors (Lipinski definition) is 2. The van der Waals surface area contributed by atoms with Gasteiger partial charge in [-0.15, -0.1) is 0 Å². The van der Waals surface area contributed by atoms with Gasteiger partial charge >= 0.3 is 0 Å². The van der Waals surface area contributed by atoms with Crippen LogP contribution in [-0.2, 0) is 14.4 Å². The number of amides is 2. The molecule has 0 radical (unpaired) electrons. The number of aldehydes is 1. The second-order valence-electron chi connectivity index (χ2n) is 1.42. The van der Waals surface area contributed by atoms with Crippen molar-refractivity contribution in [2.75, 3.05) is 0 Å². The lowest BCUT2D eigenvalue weighted by atomic mass is 10.1. The maximum absolute atomic E-state index is 10.1. The predicted molar refractivity (Wildman–Crippen MR) is 27.9 cm³/mol. The first-order valence-corrected chi connectivity index (χ1v) is 2.13. The monoisotopic (exact) mass is 130 g/mol. The zero-order valence-electron chi connectivity index (χ0n) is 4.53. The molecule has 0 fully saturated rings. The maximum atomic E-state index is 10.1. The van der Waals surface area contributed by atoms with E-state index in [1.807, 2.05) is 0 Å². The number of hydrogen-bond acceptors (Lipinski definition) is 3. The quantitative estimate of drug-likeness (QED) is 0.333. The molecule has 0 aromatic rings. The van der Waals surface area contributed by atoms with Gasteiger partial charge in [-0.05, 0) is 0 Å². The third-order valence-electron chi connectivity index (χ3n) is 0.749. The van der Waals surface area contributed by atoms with Crippen molar-refractivity contribution in [1.82, 2.24) is 0 Å². The van der Waals surface area contributed by atoms with Gasteiger partial charge in [0.1, 0.15) is 6.29 Å². The Hall–Kier alpha value is -1.39. The zero-order chi connectivity index (χ0) is 7.44. The second kappa shape index (κ2) is 2.81. The van der Waals surface area contributed by atoms with E-state index in [2.05, 4.69) is 11.5 Å². The molecule has 0 atom stereocenters. The molecule has 4 N–H and O–H groups in total. The van der Waals surface area contributed by atoms with Crippen LogP contribution in [0.4, 0.5) is 0 Å². The maximum Gasteiger partial charge on any atom is 0.237 e. The Bertz CT molecular complexity index is 140. The zero-order valence-corrected chi connectivity index (χ0v) is 4.53. The van der Waals surface area contributed by atoms with Crippen molar-refractivity contribution in [1.29, 1.82) is 0 Å². The first-order valence-electron chi connectivity index (χ1n) is 2.13. The topological polar surface area (TPSA) is 103 Å². The van der Waals surface area contributed by atoms with Crippen molar-refractivity contribution < 1.29 is 14.4 Å². The smallest absolute Gasteiger partial charge is 0.237 e. The first-order chi connectivity index (χ1) is 4.09. The summed E-state index contributed by atoms with van der Waals surface area (Å²) in [5, 5.41) is 0. The Balaban J connectivity index is 4.16. The lowest BCUT2D eigenvalue weighted by Crippen LogP contribution is -2.35. The normalized spacial score (nSPS) is 9.00. The lowest BCUT2D eigenvalue weighted by Gasteiger charge is -1.96. The van der Waals surface area contributed by atoms with Crippen LogP contribution in [0.5, 0.6) is 0 Å². The Labute approximate surface area is 51.0 Å². The van der Waals surface area contributed by atoms with Gasteiger partial charge in [-0.3, -0.25) is 9.59 Å². The fraction of sp³-hybridized carbons (Fsp3) is 0.250. The lowest BCUT2D eigenvalue weighted by molar-refractivity contribution is -0.134. The molecule has 5 heteroatoms. The Kier molecular flexibility index (Phi) is 2.37. The van der Waals surface area contributed by atoms with Gasteiger partial charge in [-0.25, -0.2) is 0 Å². The summed E-state index contributed by atoms with van der Waals surface area (Å²) in [6, 6.07) is 0. The Morgan fingerprint density at radius 2 is 1.56 bits per heavy atom. The minimum absolute atomic E-state index is 0.116. The molecular formula is C4H6N2O3. The molecule has 0 aromatic heterocycles. The number of carbonyl (C=O) groups is 3. The molecule has 0 heterocycles. The third-order valence-corrected chi connectivity index (χ3v) is 0.749. The molecule has 0 saturated carbocycles. The van der Waals surface area contributed by atoms with Crippen molar-refractivity contribution in [2.45, 2.75) is 0 Å². The number of primary amides is 2. The van der Waals surface area contributed by atoms with Crippen LogP contribution in [-0.4, -0.2) is 18.1 Å². The van der Waals surface area contributed by atoms with E-state index in [1.54, 1.807) is 0 Å². The van der Waals surface area contributed by atoms with E-state index in [1.165, 1.54) is 0 Å². The molecule has 0 unspecified atom stereocenters. The van der Waals surface area contributed by atoms with Gasteiger partial charge in [0.25, 0.3) is 0 Å². The highest BCUT2D eigenvalue weighted by Gasteiger charge is 2.19. The molecule has 0 aliphatic rings. The van der Waals surface area contributed by atoms with Gasteiger partial charge in [0.05, 0.1) is 0 Å². The molecule has 5 nitrogen and oxygen atoms in total. The highest BCUT2D eigenvalue weighted by atomic mass is 16.2. The summed E-state index contributed by atoms with van der Waals surface area (Å²) < 4.78 is 0. The fourth-order valence-corrected chi connectivity index (χ4v) is 0.274. The van der Waals surface area contributed by atoms with Gasteiger partial charge in [0.2, 0.25) is 11.8 Å². The van der Waals surface area contributed by atoms with E-state index >= 15 is 0 Å². The molecule has 0 aliphatic carbocycles. The van der Waals surface area contributed by atoms with Crippen molar-refractivity contribution in [3.63, 3.8) is 0 Å². The Morgan fingerprint density at radius 1 is 1.22 bits per heavy atom. The molecule has 0 aliphatic heterocycles. The SMILES string of the molecule is NC(=O)C(C=O)C(N)=O. The number of carbonyl (C=O) groups excluding carboxylic acids is 3. The van der Waals surface area contributed by atoms with Crippen LogP contribution in [0, 0.1) is 5.92 Å². The van der Waals surface area contributed by atoms with E-state index in [0.29, 0.717) is 0 Å². The van der Waals surface area contributed by atoms with Crippen LogP contribution in [0.1, 0.15) is 0 Å². The minimum Gasteiger partial charge on any atom is -0.369 e. The molecule has 0 bridgehead atoms. The summed E-state index contributed by atoms with van der Waals surface area (Å²) >= 11 is 0. The van der Waals surface area contributed by atoms with Crippen LogP contribution in [0.15, 0.2) is 0 Å². The number of nitrogens with two attached hydrogens (primary N) is 2. The average molecular weight is 130 g/mol. The first kappa shape index (κ1) is 7.61. The average Bonchev–Trinajstić information content (AvgIpc) is 1.64. The van der Waals surface area contributed by atoms with Gasteiger partial charge in [0.15, 0.2) is 5.92 Å². The minimum atomic E-state index is -1.48. The van der Waals surface area contributed by atoms with E-state index < -0.39 is 17.7 Å². The van der Waals surface area contributed by atoms with Gasteiger partial charge in [-0.1, -0.05) is 0 Å². The summed E-state index contributed by atoms with van der Waals surface area (Å²) in [7, 11) is 0. The largest absolute Gasteiger partial charge is 0.369 e. The Morgan fingerprint density at radius 3 is 1.56 bits per heavy atom. The molecule has 0 rings (SSSR count). The number of rotatable bonds is 3. The van der Waals surface area contributed by atoms with Gasteiger partial charge < -0.3 is 16.3 Å². The van der Waals surface area contributed by atoms with Crippen molar-refractivity contribution >= 4 is 18.1 Å². The van der Waals surface area contributed by atoms with E-state index in [9.17, 15) is 14.4 Å². The molecule has 0 aromatic carbocycles. The van der Waals surface area contributed by atoms with Crippen molar-refractivity contribution in [3.05, 3.63) is 0 Å². The summed E-state index contributed by atoms with van der Waals surface area (Å²) in [5.41, 5.74) is 9.15. The molecule has 50 valence electrons. The van der Waals surface area contributed by atoms with Crippen LogP contribution >= 0.6 is 0 Å². The van der Waals surface area contributed by atoms with Gasteiger partial charge in [-0.2, -0.15) is 0 Å². The standard InChI is InChI=1S/C4H6N2O3/c5-3(8)2(1-7)4(6)9/h1-2H,(H2,5,8)(H2,6,9). The highest BCUT2D eigenvalue weighted by Crippen LogP contribution is 1.85. The predicted octanol–water partition coefficient (Wildman–Crippen LogP) is -2.23. The molecule has 9 heavy (non-hydrogen) atoms. The van der Waals surface area contributed by atoms with Crippen LogP contribution in [0.3, 0.4) is 0 Å². The third kappa shape index (κ3) is 1.89. The molecular weight excluding hydrogens is 124 g/mol. The molecule has 0 saturated heterocycles. The second-order valence-corrected chi connectivity index (χ2v) is 1.42. The van der Waals surface area contributed by atoms with Crippen LogP contribution in [0.25, 0.3) is 0 Å². The van der Waals surface area contributed by atoms with Crippen LogP contribution < -0.4 is 11.5 Å². The van der Waals surface area contributed by atoms with E-state index in [0.717, 1.165) is 0 Å². The highest BCUT2D eigenvalue weighted by molar-refractivity contribution is 6.10. The van der Waals surface area contributed by atoms with Crippen molar-refractivity contribution in [2.24, 2.45) is 17.4 Å².